The molecular formula is C19H27N5O. The number of aromatic nitrogens is 3. The van der Waals surface area contributed by atoms with E-state index in [1.807, 2.05) is 39.0 Å². The molecule has 6 nitrogen and oxygen atoms in total. The first-order valence-electron chi connectivity index (χ1n) is 8.93. The third-order valence-corrected chi connectivity index (χ3v) is 5.03. The molecule has 1 fully saturated rings. The van der Waals surface area contributed by atoms with Gasteiger partial charge in [0.2, 0.25) is 5.95 Å². The second-order valence-electron chi connectivity index (χ2n) is 7.08. The second kappa shape index (κ2) is 7.35. The summed E-state index contributed by atoms with van der Waals surface area (Å²) in [5.41, 5.74) is 2.18. The number of hydrogen-bond donors (Lipinski definition) is 3. The quantitative estimate of drug-likeness (QED) is 0.774. The van der Waals surface area contributed by atoms with Crippen LogP contribution in [0.4, 0.5) is 11.8 Å². The van der Waals surface area contributed by atoms with Gasteiger partial charge in [0.15, 0.2) is 0 Å². The smallest absolute Gasteiger partial charge is 0.225 e. The molecule has 0 aliphatic heterocycles. The van der Waals surface area contributed by atoms with Crippen molar-refractivity contribution in [3.63, 3.8) is 0 Å². The van der Waals surface area contributed by atoms with E-state index in [0.717, 1.165) is 48.5 Å². The van der Waals surface area contributed by atoms with E-state index in [-0.39, 0.29) is 6.04 Å². The van der Waals surface area contributed by atoms with Crippen molar-refractivity contribution in [1.29, 1.82) is 0 Å². The zero-order valence-corrected chi connectivity index (χ0v) is 15.2. The maximum atomic E-state index is 10.6. The van der Waals surface area contributed by atoms with Gasteiger partial charge in [-0.25, -0.2) is 4.98 Å². The van der Waals surface area contributed by atoms with Crippen LogP contribution in [0.15, 0.2) is 24.4 Å². The fraction of sp³-hybridized carbons (Fsp3) is 0.526. The van der Waals surface area contributed by atoms with Gasteiger partial charge >= 0.3 is 0 Å². The van der Waals surface area contributed by atoms with Crippen molar-refractivity contribution in [1.82, 2.24) is 15.0 Å². The molecule has 2 heterocycles. The van der Waals surface area contributed by atoms with Crippen LogP contribution in [-0.2, 0) is 6.54 Å². The van der Waals surface area contributed by atoms with E-state index in [2.05, 4.69) is 25.6 Å². The van der Waals surface area contributed by atoms with Crippen LogP contribution < -0.4 is 10.6 Å². The SMILES string of the molecule is Cc1nc(NCc2ccccn2)nc(N[C@@H]2CCCC[C@@]2(C)O)c1C. The van der Waals surface area contributed by atoms with Gasteiger partial charge in [-0.15, -0.1) is 0 Å². The summed E-state index contributed by atoms with van der Waals surface area (Å²) >= 11 is 0. The monoisotopic (exact) mass is 341 g/mol. The zero-order valence-electron chi connectivity index (χ0n) is 15.2. The van der Waals surface area contributed by atoms with E-state index in [1.165, 1.54) is 0 Å². The van der Waals surface area contributed by atoms with Gasteiger partial charge in [-0.2, -0.15) is 4.98 Å². The van der Waals surface area contributed by atoms with Crippen LogP contribution >= 0.6 is 0 Å². The van der Waals surface area contributed by atoms with E-state index < -0.39 is 5.60 Å². The molecule has 2 aromatic heterocycles. The standard InChI is InChI=1S/C19H27N5O/c1-13-14(2)22-18(21-12-15-8-5-7-11-20-15)24-17(13)23-16-9-4-6-10-19(16,3)25/h5,7-8,11,16,25H,4,6,9-10,12H2,1-3H3,(H2,21,22,23,24)/t16-,19-/m1/s1. The summed E-state index contributed by atoms with van der Waals surface area (Å²) in [4.78, 5) is 13.5. The minimum Gasteiger partial charge on any atom is -0.388 e. The Hall–Kier alpha value is -2.21. The molecular weight excluding hydrogens is 314 g/mol. The molecule has 0 unspecified atom stereocenters. The lowest BCUT2D eigenvalue weighted by Gasteiger charge is -2.38. The van der Waals surface area contributed by atoms with Gasteiger partial charge in [0.05, 0.1) is 23.9 Å². The van der Waals surface area contributed by atoms with Crippen molar-refractivity contribution in [3.05, 3.63) is 41.3 Å². The van der Waals surface area contributed by atoms with Crippen LogP contribution in [0.5, 0.6) is 0 Å². The maximum Gasteiger partial charge on any atom is 0.225 e. The third kappa shape index (κ3) is 4.25. The largest absolute Gasteiger partial charge is 0.388 e. The molecule has 0 spiro atoms. The number of hydrogen-bond acceptors (Lipinski definition) is 6. The summed E-state index contributed by atoms with van der Waals surface area (Å²) in [6.07, 6.45) is 5.74. The number of nitrogens with one attached hydrogen (secondary N) is 2. The van der Waals surface area contributed by atoms with Gasteiger partial charge in [-0.3, -0.25) is 4.98 Å². The number of aliphatic hydroxyl groups is 1. The van der Waals surface area contributed by atoms with Gasteiger partial charge in [-0.05, 0) is 45.7 Å². The summed E-state index contributed by atoms with van der Waals surface area (Å²) in [7, 11) is 0. The van der Waals surface area contributed by atoms with Crippen LogP contribution in [0.1, 0.15) is 49.6 Å². The fourth-order valence-corrected chi connectivity index (χ4v) is 3.23. The van der Waals surface area contributed by atoms with E-state index in [0.29, 0.717) is 12.5 Å². The highest BCUT2D eigenvalue weighted by molar-refractivity contribution is 5.50. The number of aryl methyl sites for hydroxylation is 1. The number of anilines is 2. The van der Waals surface area contributed by atoms with Crippen molar-refractivity contribution < 1.29 is 5.11 Å². The highest BCUT2D eigenvalue weighted by Crippen LogP contribution is 2.31. The lowest BCUT2D eigenvalue weighted by atomic mass is 9.82. The lowest BCUT2D eigenvalue weighted by molar-refractivity contribution is 0.0104. The van der Waals surface area contributed by atoms with Gasteiger partial charge in [0, 0.05) is 17.5 Å². The zero-order chi connectivity index (χ0) is 17.9. The maximum absolute atomic E-state index is 10.6. The highest BCUT2D eigenvalue weighted by Gasteiger charge is 2.34. The molecule has 1 saturated carbocycles. The Morgan fingerprint density at radius 1 is 1.24 bits per heavy atom. The van der Waals surface area contributed by atoms with E-state index in [1.54, 1.807) is 6.20 Å². The van der Waals surface area contributed by atoms with E-state index in [4.69, 9.17) is 0 Å². The number of rotatable bonds is 5. The van der Waals surface area contributed by atoms with Crippen molar-refractivity contribution in [2.45, 2.75) is 64.6 Å². The number of nitrogens with zero attached hydrogens (tertiary/aromatic N) is 3. The molecule has 134 valence electrons. The Balaban J connectivity index is 1.76. The van der Waals surface area contributed by atoms with Gasteiger partial charge in [0.25, 0.3) is 0 Å². The Labute approximate surface area is 149 Å². The molecule has 1 aliphatic rings. The molecule has 3 rings (SSSR count). The van der Waals surface area contributed by atoms with Crippen LogP contribution in [0.25, 0.3) is 0 Å². The fourth-order valence-electron chi connectivity index (χ4n) is 3.23. The molecule has 0 aromatic carbocycles. The Bertz CT molecular complexity index is 717. The van der Waals surface area contributed by atoms with Crippen molar-refractivity contribution in [2.75, 3.05) is 10.6 Å². The molecule has 0 bridgehead atoms. The predicted octanol–water partition coefficient (Wildman–Crippen LogP) is 3.21. The molecule has 25 heavy (non-hydrogen) atoms. The molecule has 6 heteroatoms. The van der Waals surface area contributed by atoms with Crippen LogP contribution in [0, 0.1) is 13.8 Å². The summed E-state index contributed by atoms with van der Waals surface area (Å²) in [6, 6.07) is 5.84. The molecule has 1 aliphatic carbocycles. The Morgan fingerprint density at radius 2 is 2.08 bits per heavy atom. The van der Waals surface area contributed by atoms with Gasteiger partial charge < -0.3 is 15.7 Å². The lowest BCUT2D eigenvalue weighted by Crippen LogP contribution is -2.47. The van der Waals surface area contributed by atoms with Crippen molar-refractivity contribution in [2.24, 2.45) is 0 Å². The molecule has 0 saturated heterocycles. The molecule has 3 N–H and O–H groups in total. The topological polar surface area (TPSA) is 83.0 Å². The minimum atomic E-state index is -0.703. The van der Waals surface area contributed by atoms with Crippen LogP contribution in [0.3, 0.4) is 0 Å². The average Bonchev–Trinajstić information content (AvgIpc) is 2.59. The summed E-state index contributed by atoms with van der Waals surface area (Å²) in [5, 5.41) is 17.3. The summed E-state index contributed by atoms with van der Waals surface area (Å²) < 4.78 is 0. The van der Waals surface area contributed by atoms with E-state index >= 15 is 0 Å². The van der Waals surface area contributed by atoms with Gasteiger partial charge in [0.1, 0.15) is 5.82 Å². The number of pyridine rings is 1. The minimum absolute atomic E-state index is 0.0119. The normalized spacial score (nSPS) is 23.3. The molecule has 0 amide bonds. The first kappa shape index (κ1) is 17.6. The highest BCUT2D eigenvalue weighted by atomic mass is 16.3. The average molecular weight is 341 g/mol. The molecule has 2 atom stereocenters. The second-order valence-corrected chi connectivity index (χ2v) is 7.08. The van der Waals surface area contributed by atoms with Crippen LogP contribution in [0.2, 0.25) is 0 Å². The Morgan fingerprint density at radius 3 is 2.80 bits per heavy atom. The predicted molar refractivity (Wildman–Crippen MR) is 99.6 cm³/mol. The first-order chi connectivity index (χ1) is 12.0. The van der Waals surface area contributed by atoms with Crippen molar-refractivity contribution in [3.8, 4) is 0 Å². The first-order valence-corrected chi connectivity index (χ1v) is 8.93. The molecule has 2 aromatic rings. The Kier molecular flexibility index (Phi) is 5.18. The van der Waals surface area contributed by atoms with Crippen molar-refractivity contribution >= 4 is 11.8 Å². The third-order valence-electron chi connectivity index (χ3n) is 5.03. The van der Waals surface area contributed by atoms with E-state index in [9.17, 15) is 5.11 Å². The molecule has 0 radical (unpaired) electrons. The summed E-state index contributed by atoms with van der Waals surface area (Å²) in [6.45, 7) is 6.47. The summed E-state index contributed by atoms with van der Waals surface area (Å²) in [5.74, 6) is 1.37. The van der Waals surface area contributed by atoms with Crippen LogP contribution in [-0.4, -0.2) is 31.7 Å². The van der Waals surface area contributed by atoms with Gasteiger partial charge in [-0.1, -0.05) is 18.9 Å².